The van der Waals surface area contributed by atoms with Gasteiger partial charge in [0, 0.05) is 37.9 Å². The number of carbonyl (C=O) groups is 1. The van der Waals surface area contributed by atoms with Gasteiger partial charge in [0.2, 0.25) is 0 Å². The summed E-state index contributed by atoms with van der Waals surface area (Å²) in [7, 11) is 1.86. The summed E-state index contributed by atoms with van der Waals surface area (Å²) in [6.07, 6.45) is 3.38. The van der Waals surface area contributed by atoms with Gasteiger partial charge in [-0.05, 0) is 18.2 Å². The molecule has 0 atom stereocenters. The first kappa shape index (κ1) is 20.4. The fraction of sp³-hybridized carbons (Fsp3) is 0.263. The number of benzene rings is 1. The number of amides is 1. The molecule has 0 spiro atoms. The molecular formula is C19H19Cl2FN4O2. The first-order chi connectivity index (χ1) is 13.1. The second-order valence-electron chi connectivity index (χ2n) is 6.34. The van der Waals surface area contributed by atoms with Crippen LogP contribution in [0, 0.1) is 5.82 Å². The predicted octanol–water partition coefficient (Wildman–Crippen LogP) is 4.00. The molecule has 3 aromatic rings. The molecular weight excluding hydrogens is 406 g/mol. The summed E-state index contributed by atoms with van der Waals surface area (Å²) in [6, 6.07) is 6.58. The number of ether oxygens (including phenoxy) is 1. The van der Waals surface area contributed by atoms with Gasteiger partial charge < -0.3 is 19.5 Å². The Hall–Kier alpha value is -2.35. The van der Waals surface area contributed by atoms with Crippen molar-refractivity contribution < 1.29 is 13.9 Å². The zero-order valence-electron chi connectivity index (χ0n) is 15.1. The maximum Gasteiger partial charge on any atom is 0.257 e. The van der Waals surface area contributed by atoms with Crippen molar-refractivity contribution in [2.45, 2.75) is 0 Å². The quantitative estimate of drug-likeness (QED) is 0.689. The molecule has 0 unspecified atom stereocenters. The fourth-order valence-electron chi connectivity index (χ4n) is 3.24. The highest BCUT2D eigenvalue weighted by atomic mass is 35.5. The second kappa shape index (κ2) is 8.34. The number of pyridine rings is 1. The van der Waals surface area contributed by atoms with Crippen LogP contribution in [0.1, 0.15) is 10.4 Å². The van der Waals surface area contributed by atoms with Crippen LogP contribution in [0.4, 0.5) is 15.9 Å². The van der Waals surface area contributed by atoms with Crippen molar-refractivity contribution in [1.82, 2.24) is 14.5 Å². The number of aromatic nitrogens is 2. The molecule has 3 heterocycles. The van der Waals surface area contributed by atoms with E-state index < -0.39 is 5.82 Å². The van der Waals surface area contributed by atoms with Crippen molar-refractivity contribution in [3.63, 3.8) is 0 Å². The summed E-state index contributed by atoms with van der Waals surface area (Å²) in [4.78, 5) is 19.1. The summed E-state index contributed by atoms with van der Waals surface area (Å²) in [6.45, 7) is 2.17. The summed E-state index contributed by atoms with van der Waals surface area (Å²) >= 11 is 5.86. The molecule has 1 aromatic carbocycles. The Morgan fingerprint density at radius 2 is 2.04 bits per heavy atom. The Morgan fingerprint density at radius 1 is 1.29 bits per heavy atom. The number of hydrogen-bond acceptors (Lipinski definition) is 4. The largest absolute Gasteiger partial charge is 0.378 e. The lowest BCUT2D eigenvalue weighted by Crippen LogP contribution is -2.40. The van der Waals surface area contributed by atoms with E-state index in [4.69, 9.17) is 16.3 Å². The van der Waals surface area contributed by atoms with Crippen molar-refractivity contribution >= 4 is 52.3 Å². The van der Waals surface area contributed by atoms with Crippen LogP contribution in [0.5, 0.6) is 0 Å². The van der Waals surface area contributed by atoms with E-state index in [1.54, 1.807) is 17.0 Å². The Morgan fingerprint density at radius 3 is 2.79 bits per heavy atom. The molecule has 1 N–H and O–H groups in total. The van der Waals surface area contributed by atoms with Gasteiger partial charge in [-0.15, -0.1) is 12.4 Å². The number of morpholine rings is 1. The lowest BCUT2D eigenvalue weighted by molar-refractivity contribution is 0.0303. The third kappa shape index (κ3) is 3.65. The molecule has 1 aliphatic heterocycles. The average Bonchev–Trinajstić information content (AvgIpc) is 3.08. The minimum atomic E-state index is -0.543. The van der Waals surface area contributed by atoms with Crippen LogP contribution >= 0.6 is 24.0 Å². The Labute approximate surface area is 172 Å². The number of aryl methyl sites for hydroxylation is 1. The van der Waals surface area contributed by atoms with Gasteiger partial charge in [0.15, 0.2) is 5.82 Å². The molecule has 1 saturated heterocycles. The zero-order valence-corrected chi connectivity index (χ0v) is 16.7. The summed E-state index contributed by atoms with van der Waals surface area (Å²) in [5.74, 6) is -0.165. The summed E-state index contributed by atoms with van der Waals surface area (Å²) < 4.78 is 21.4. The van der Waals surface area contributed by atoms with Gasteiger partial charge in [-0.3, -0.25) is 4.79 Å². The van der Waals surface area contributed by atoms with Crippen molar-refractivity contribution in [1.29, 1.82) is 0 Å². The van der Waals surface area contributed by atoms with Gasteiger partial charge >= 0.3 is 0 Å². The lowest BCUT2D eigenvalue weighted by atomic mass is 10.1. The molecule has 2 aromatic heterocycles. The lowest BCUT2D eigenvalue weighted by Gasteiger charge is -2.27. The number of nitrogens with one attached hydrogen (secondary N) is 1. The van der Waals surface area contributed by atoms with Gasteiger partial charge in [0.1, 0.15) is 5.82 Å². The number of carbonyl (C=O) groups excluding carboxylic acids is 1. The molecule has 1 aliphatic rings. The van der Waals surface area contributed by atoms with E-state index in [9.17, 15) is 9.18 Å². The van der Waals surface area contributed by atoms with E-state index in [0.29, 0.717) is 37.7 Å². The maximum absolute atomic E-state index is 14.2. The Balaban J connectivity index is 0.00000225. The third-order valence-corrected chi connectivity index (χ3v) is 4.93. The van der Waals surface area contributed by atoms with Crippen LogP contribution < -0.4 is 5.32 Å². The van der Waals surface area contributed by atoms with E-state index in [-0.39, 0.29) is 29.0 Å². The standard InChI is InChI=1S/C19H18ClFN4O2.ClH/c1-24-6-5-12-17(24)13(19(26)25-7-9-27-10-8-25)11-22-18(12)23-15-4-2-3-14(20)16(15)21;/h2-6,11H,7-10H2,1H3,(H,22,23);1H. The van der Waals surface area contributed by atoms with Gasteiger partial charge in [-0.25, -0.2) is 9.37 Å². The molecule has 4 rings (SSSR count). The van der Waals surface area contributed by atoms with Crippen LogP contribution in [-0.4, -0.2) is 46.7 Å². The van der Waals surface area contributed by atoms with Gasteiger partial charge in [0.05, 0.1) is 35.0 Å². The number of nitrogens with zero attached hydrogens (tertiary/aromatic N) is 3. The first-order valence-electron chi connectivity index (χ1n) is 8.58. The monoisotopic (exact) mass is 424 g/mol. The zero-order chi connectivity index (χ0) is 19.0. The third-order valence-electron chi connectivity index (χ3n) is 4.64. The minimum Gasteiger partial charge on any atom is -0.378 e. The van der Waals surface area contributed by atoms with Crippen molar-refractivity contribution in [3.05, 3.63) is 53.1 Å². The van der Waals surface area contributed by atoms with E-state index in [1.165, 1.54) is 12.3 Å². The first-order valence-corrected chi connectivity index (χ1v) is 8.96. The molecule has 0 radical (unpaired) electrons. The normalized spacial score (nSPS) is 14.0. The Bertz CT molecular complexity index is 1020. The number of rotatable bonds is 3. The molecule has 1 amide bonds. The van der Waals surface area contributed by atoms with E-state index in [2.05, 4.69) is 10.3 Å². The topological polar surface area (TPSA) is 59.4 Å². The maximum atomic E-state index is 14.2. The van der Waals surface area contributed by atoms with Crippen molar-refractivity contribution in [2.24, 2.45) is 7.05 Å². The van der Waals surface area contributed by atoms with Gasteiger partial charge in [-0.1, -0.05) is 17.7 Å². The highest BCUT2D eigenvalue weighted by Crippen LogP contribution is 2.31. The molecule has 9 heteroatoms. The highest BCUT2D eigenvalue weighted by molar-refractivity contribution is 6.31. The van der Waals surface area contributed by atoms with Crippen LogP contribution in [-0.2, 0) is 11.8 Å². The number of halogens is 3. The van der Waals surface area contributed by atoms with Crippen molar-refractivity contribution in [3.8, 4) is 0 Å². The van der Waals surface area contributed by atoms with E-state index in [1.807, 2.05) is 23.9 Å². The van der Waals surface area contributed by atoms with Crippen LogP contribution in [0.15, 0.2) is 36.7 Å². The number of anilines is 2. The predicted molar refractivity (Wildman–Crippen MR) is 109 cm³/mol. The second-order valence-corrected chi connectivity index (χ2v) is 6.75. The summed E-state index contributed by atoms with van der Waals surface area (Å²) in [5.41, 5.74) is 1.48. The number of fused-ring (bicyclic) bond motifs is 1. The average molecular weight is 425 g/mol. The molecule has 1 fully saturated rings. The number of hydrogen-bond donors (Lipinski definition) is 1. The molecule has 28 heavy (non-hydrogen) atoms. The van der Waals surface area contributed by atoms with E-state index >= 15 is 0 Å². The summed E-state index contributed by atoms with van der Waals surface area (Å²) in [5, 5.41) is 3.75. The van der Waals surface area contributed by atoms with E-state index in [0.717, 1.165) is 10.9 Å². The van der Waals surface area contributed by atoms with Gasteiger partial charge in [0.25, 0.3) is 5.91 Å². The highest BCUT2D eigenvalue weighted by Gasteiger charge is 2.23. The molecule has 0 aliphatic carbocycles. The molecule has 6 nitrogen and oxygen atoms in total. The SMILES string of the molecule is Cl.Cn1ccc2c(Nc3cccc(Cl)c3F)ncc(C(=O)N3CCOCC3)c21. The molecule has 0 saturated carbocycles. The molecule has 148 valence electrons. The van der Waals surface area contributed by atoms with Crippen LogP contribution in [0.3, 0.4) is 0 Å². The van der Waals surface area contributed by atoms with Crippen LogP contribution in [0.25, 0.3) is 10.9 Å². The van der Waals surface area contributed by atoms with Crippen LogP contribution in [0.2, 0.25) is 5.02 Å². The smallest absolute Gasteiger partial charge is 0.257 e. The minimum absolute atomic E-state index is 0. The molecule has 0 bridgehead atoms. The Kier molecular flexibility index (Phi) is 6.07. The fourth-order valence-corrected chi connectivity index (χ4v) is 3.41. The van der Waals surface area contributed by atoms with Gasteiger partial charge in [-0.2, -0.15) is 0 Å². The van der Waals surface area contributed by atoms with Crippen molar-refractivity contribution in [2.75, 3.05) is 31.6 Å².